The Morgan fingerprint density at radius 2 is 1.58 bits per heavy atom. The Balaban J connectivity index is 3.18. The first kappa shape index (κ1) is 6.74. The van der Waals surface area contributed by atoms with E-state index in [0.717, 1.165) is 0 Å². The van der Waals surface area contributed by atoms with Crippen molar-refractivity contribution in [1.82, 2.24) is 0 Å². The number of hydrogen-bond acceptors (Lipinski definition) is 0. The molecule has 0 radical (unpaired) electrons. The van der Waals surface area contributed by atoms with Crippen LogP contribution in [0.25, 0.3) is 11.1 Å². The van der Waals surface area contributed by atoms with Crippen LogP contribution in [0.5, 0.6) is 0 Å². The molecule has 2 rings (SSSR count). The predicted molar refractivity (Wildman–Crippen MR) is 84.7 cm³/mol. The lowest BCUT2D eigenvalue weighted by Crippen LogP contribution is -2.11. The van der Waals surface area contributed by atoms with E-state index in [1.807, 2.05) is 34.6 Å². The van der Waals surface area contributed by atoms with E-state index in [1.54, 1.807) is 0 Å². The van der Waals surface area contributed by atoms with Crippen molar-refractivity contribution in [3.63, 3.8) is 0 Å². The molecule has 2 aromatic rings. The van der Waals surface area contributed by atoms with Crippen molar-refractivity contribution in [2.45, 2.75) is 46.0 Å². The fourth-order valence-corrected chi connectivity index (χ4v) is 1.80. The van der Waals surface area contributed by atoms with E-state index in [4.69, 9.17) is 11.0 Å². The summed E-state index contributed by atoms with van der Waals surface area (Å²) in [7, 11) is 0. The van der Waals surface area contributed by atoms with E-state index in [9.17, 15) is 0 Å². The van der Waals surface area contributed by atoms with Gasteiger partial charge in [-0.05, 0) is 33.6 Å². The van der Waals surface area contributed by atoms with Gasteiger partial charge in [0, 0.05) is 0 Å². The molecular weight excluding hydrogens is 228 g/mol. The fourth-order valence-electron chi connectivity index (χ4n) is 1.80. The molecule has 0 N–H and O–H groups in total. The first-order valence-corrected chi connectivity index (χ1v) is 6.44. The average Bonchev–Trinajstić information content (AvgIpc) is 2.54. The molecule has 2 aromatic carbocycles. The van der Waals surface area contributed by atoms with Gasteiger partial charge in [0.25, 0.3) is 0 Å². The topological polar surface area (TPSA) is 0 Å². The van der Waals surface area contributed by atoms with Crippen molar-refractivity contribution in [1.29, 1.82) is 0 Å². The Morgan fingerprint density at radius 3 is 2.11 bits per heavy atom. The number of hydrogen-bond donors (Lipinski definition) is 0. The van der Waals surface area contributed by atoms with Gasteiger partial charge < -0.3 is 0 Å². The van der Waals surface area contributed by atoms with E-state index in [-0.39, 0.29) is 35.2 Å². The van der Waals surface area contributed by atoms with Crippen LogP contribution in [0, 0.1) is 0 Å². The molecule has 0 saturated heterocycles. The molecule has 0 heteroatoms. The van der Waals surface area contributed by atoms with E-state index in [2.05, 4.69) is 0 Å². The van der Waals surface area contributed by atoms with Crippen molar-refractivity contribution in [2.24, 2.45) is 0 Å². The van der Waals surface area contributed by atoms with Gasteiger partial charge in [-0.1, -0.05) is 83.0 Å². The first-order chi connectivity index (χ1) is 12.2. The standard InChI is InChI=1S/C19H24/c1-14(2)17-12-11-16(19(3,4)5)13-18(17)15-9-7-6-8-10-15/h6-14H,1-5H3/i6D,7D,8D,9D,10D,11D,12D,13D. The average molecular weight is 260 g/mol. The highest BCUT2D eigenvalue weighted by molar-refractivity contribution is 5.69. The van der Waals surface area contributed by atoms with Gasteiger partial charge in [-0.15, -0.1) is 0 Å². The van der Waals surface area contributed by atoms with E-state index >= 15 is 0 Å². The van der Waals surface area contributed by atoms with Crippen LogP contribution in [0.4, 0.5) is 0 Å². The van der Waals surface area contributed by atoms with Gasteiger partial charge in [-0.3, -0.25) is 0 Å². The van der Waals surface area contributed by atoms with Crippen LogP contribution in [0.2, 0.25) is 0 Å². The Morgan fingerprint density at radius 1 is 0.947 bits per heavy atom. The van der Waals surface area contributed by atoms with Crippen LogP contribution in [0.3, 0.4) is 0 Å². The van der Waals surface area contributed by atoms with Crippen molar-refractivity contribution in [3.05, 3.63) is 59.5 Å². The molecule has 0 unspecified atom stereocenters. The zero-order valence-electron chi connectivity index (χ0n) is 20.1. The monoisotopic (exact) mass is 260 g/mol. The molecule has 0 bridgehead atoms. The minimum atomic E-state index is -0.610. The molecule has 0 spiro atoms. The Bertz CT molecular complexity index is 894. The lowest BCUT2D eigenvalue weighted by Gasteiger charge is -2.22. The molecular formula is C19H24. The Kier molecular flexibility index (Phi) is 1.85. The van der Waals surface area contributed by atoms with Gasteiger partial charge in [0.2, 0.25) is 0 Å². The van der Waals surface area contributed by atoms with Crippen molar-refractivity contribution in [2.75, 3.05) is 0 Å². The fraction of sp³-hybridized carbons (Fsp3) is 0.368. The predicted octanol–water partition coefficient (Wildman–Crippen LogP) is 5.77. The Hall–Kier alpha value is -1.56. The number of rotatable bonds is 2. The third-order valence-corrected chi connectivity index (χ3v) is 2.92. The minimum Gasteiger partial charge on any atom is -0.0622 e. The highest BCUT2D eigenvalue weighted by atomic mass is 14.2. The summed E-state index contributed by atoms with van der Waals surface area (Å²) in [4.78, 5) is 0. The molecule has 0 aliphatic carbocycles. The normalized spacial score (nSPS) is 17.8. The highest BCUT2D eigenvalue weighted by Gasteiger charge is 2.17. The molecule has 0 nitrogen and oxygen atoms in total. The Labute approximate surface area is 128 Å². The van der Waals surface area contributed by atoms with Gasteiger partial charge in [-0.25, -0.2) is 0 Å². The molecule has 0 fully saturated rings. The van der Waals surface area contributed by atoms with Crippen LogP contribution in [-0.2, 0) is 5.41 Å². The van der Waals surface area contributed by atoms with Crippen molar-refractivity contribution < 1.29 is 11.0 Å². The molecule has 0 aromatic heterocycles. The first-order valence-electron chi connectivity index (χ1n) is 10.4. The summed E-state index contributed by atoms with van der Waals surface area (Å²) >= 11 is 0. The third-order valence-electron chi connectivity index (χ3n) is 2.92. The van der Waals surface area contributed by atoms with E-state index in [1.165, 1.54) is 0 Å². The van der Waals surface area contributed by atoms with Gasteiger partial charge in [0.1, 0.15) is 0 Å². The lowest BCUT2D eigenvalue weighted by molar-refractivity contribution is 0.590. The van der Waals surface area contributed by atoms with Crippen molar-refractivity contribution >= 4 is 0 Å². The van der Waals surface area contributed by atoms with E-state index < -0.39 is 35.6 Å². The van der Waals surface area contributed by atoms with Gasteiger partial charge in [-0.2, -0.15) is 0 Å². The van der Waals surface area contributed by atoms with Gasteiger partial charge in [0.15, 0.2) is 0 Å². The molecule has 0 aliphatic rings. The molecule has 100 valence electrons. The van der Waals surface area contributed by atoms with Crippen LogP contribution >= 0.6 is 0 Å². The summed E-state index contributed by atoms with van der Waals surface area (Å²) in [6, 6.07) is -2.39. The second-order valence-corrected chi connectivity index (χ2v) is 5.94. The van der Waals surface area contributed by atoms with Crippen LogP contribution in [0.15, 0.2) is 48.3 Å². The maximum atomic E-state index is 8.76. The maximum Gasteiger partial charge on any atom is 0.0632 e. The summed E-state index contributed by atoms with van der Waals surface area (Å²) in [5.41, 5.74) is 0.165. The third kappa shape index (κ3) is 3.07. The summed E-state index contributed by atoms with van der Waals surface area (Å²) in [6.45, 7) is 9.11. The molecule has 0 saturated carbocycles. The lowest BCUT2D eigenvalue weighted by atomic mass is 9.82. The summed E-state index contributed by atoms with van der Waals surface area (Å²) in [5.74, 6) is -0.257. The molecule has 0 aliphatic heterocycles. The van der Waals surface area contributed by atoms with Crippen LogP contribution in [0.1, 0.15) is 62.6 Å². The smallest absolute Gasteiger partial charge is 0.0622 e. The van der Waals surface area contributed by atoms with Gasteiger partial charge in [0.05, 0.1) is 11.0 Å². The molecule has 0 heterocycles. The minimum absolute atomic E-state index is 0.0488. The van der Waals surface area contributed by atoms with E-state index in [0.29, 0.717) is 11.1 Å². The highest BCUT2D eigenvalue weighted by Crippen LogP contribution is 2.33. The second kappa shape index (κ2) is 5.21. The quantitative estimate of drug-likeness (QED) is 0.642. The molecule has 0 atom stereocenters. The summed E-state index contributed by atoms with van der Waals surface area (Å²) in [6.07, 6.45) is 0. The zero-order valence-corrected chi connectivity index (χ0v) is 12.1. The summed E-state index contributed by atoms with van der Waals surface area (Å²) < 4.78 is 66.0. The van der Waals surface area contributed by atoms with Crippen LogP contribution in [-0.4, -0.2) is 0 Å². The maximum absolute atomic E-state index is 8.76. The zero-order chi connectivity index (χ0) is 21.0. The molecule has 19 heavy (non-hydrogen) atoms. The van der Waals surface area contributed by atoms with Gasteiger partial charge >= 0.3 is 0 Å². The largest absolute Gasteiger partial charge is 0.0632 e. The second-order valence-electron chi connectivity index (χ2n) is 5.94. The molecule has 0 amide bonds. The van der Waals surface area contributed by atoms with Crippen LogP contribution < -0.4 is 0 Å². The number of benzene rings is 2. The summed E-state index contributed by atoms with van der Waals surface area (Å²) in [5, 5.41) is 0. The van der Waals surface area contributed by atoms with Crippen molar-refractivity contribution in [3.8, 4) is 11.1 Å². The SMILES string of the molecule is [2H]c1c([2H])c([2H])c(-c2c([2H])c(C(C)(C)C)c([2H])c([2H])c2C(C)C)c([2H])c1[2H].